The molecule has 8 nitrogen and oxygen atoms in total. The van der Waals surface area contributed by atoms with Crippen molar-refractivity contribution in [3.8, 4) is 0 Å². The molecule has 0 bridgehead atoms. The molecule has 0 aliphatic carbocycles. The molecule has 26 heavy (non-hydrogen) atoms. The molecule has 0 radical (unpaired) electrons. The van der Waals surface area contributed by atoms with E-state index in [4.69, 9.17) is 4.42 Å². The zero-order chi connectivity index (χ0) is 18.5. The van der Waals surface area contributed by atoms with E-state index in [2.05, 4.69) is 10.4 Å². The number of carbonyl (C=O) groups is 1. The van der Waals surface area contributed by atoms with Crippen LogP contribution in [0.5, 0.6) is 0 Å². The smallest absolute Gasteiger partial charge is 0.401 e. The second-order valence-corrected chi connectivity index (χ2v) is 5.31. The fourth-order valence-electron chi connectivity index (χ4n) is 2.21. The van der Waals surface area contributed by atoms with E-state index in [1.54, 1.807) is 23.0 Å². The predicted octanol–water partition coefficient (Wildman–Crippen LogP) is 3.22. The molecule has 0 aliphatic heterocycles. The Morgan fingerprint density at radius 3 is 2.96 bits per heavy atom. The molecule has 9 heteroatoms. The van der Waals surface area contributed by atoms with E-state index in [9.17, 15) is 19.3 Å². The highest BCUT2D eigenvalue weighted by atomic mass is 19.1. The number of hydrogen-bond donors (Lipinski definition) is 1. The number of nitrogens with zero attached hydrogens (tertiary/aromatic N) is 3. The van der Waals surface area contributed by atoms with Gasteiger partial charge in [-0.3, -0.25) is 19.6 Å². The lowest BCUT2D eigenvalue weighted by atomic mass is 10.2. The lowest BCUT2D eigenvalue weighted by Gasteiger charge is -2.01. The summed E-state index contributed by atoms with van der Waals surface area (Å²) in [7, 11) is 0. The third-order valence-corrected chi connectivity index (χ3v) is 3.33. The first kappa shape index (κ1) is 17.1. The monoisotopic (exact) mass is 356 g/mol. The third kappa shape index (κ3) is 4.41. The van der Waals surface area contributed by atoms with Gasteiger partial charge in [-0.15, -0.1) is 0 Å². The van der Waals surface area contributed by atoms with Gasteiger partial charge in [0.1, 0.15) is 16.5 Å². The topological polar surface area (TPSA) is 103 Å². The molecule has 0 saturated carbocycles. The van der Waals surface area contributed by atoms with Crippen LogP contribution >= 0.6 is 0 Å². The molecule has 2 aromatic heterocycles. The highest BCUT2D eigenvalue weighted by Gasteiger charge is 2.10. The van der Waals surface area contributed by atoms with Crippen molar-refractivity contribution >= 4 is 23.6 Å². The van der Waals surface area contributed by atoms with Crippen molar-refractivity contribution < 1.29 is 18.5 Å². The maximum absolute atomic E-state index is 13.2. The second kappa shape index (κ2) is 7.43. The Morgan fingerprint density at radius 2 is 2.23 bits per heavy atom. The Balaban J connectivity index is 1.58. The van der Waals surface area contributed by atoms with Crippen molar-refractivity contribution in [1.82, 2.24) is 9.78 Å². The molecule has 2 heterocycles. The molecule has 1 N–H and O–H groups in total. The fourth-order valence-corrected chi connectivity index (χ4v) is 2.21. The number of carbonyl (C=O) groups excluding carboxylic acids is 1. The van der Waals surface area contributed by atoms with Crippen LogP contribution < -0.4 is 5.32 Å². The van der Waals surface area contributed by atoms with Gasteiger partial charge in [0, 0.05) is 12.3 Å². The first-order valence-corrected chi connectivity index (χ1v) is 7.50. The third-order valence-electron chi connectivity index (χ3n) is 3.33. The molecule has 1 amide bonds. The number of amides is 1. The lowest BCUT2D eigenvalue weighted by Crippen LogP contribution is -2.07. The maximum Gasteiger partial charge on any atom is 0.433 e. The van der Waals surface area contributed by atoms with Crippen LogP contribution in [0.15, 0.2) is 59.3 Å². The molecular weight excluding hydrogens is 343 g/mol. The van der Waals surface area contributed by atoms with Gasteiger partial charge in [0.25, 0.3) is 0 Å². The van der Waals surface area contributed by atoms with Gasteiger partial charge in [0.15, 0.2) is 0 Å². The molecule has 3 rings (SSSR count). The summed E-state index contributed by atoms with van der Waals surface area (Å²) in [4.78, 5) is 21.7. The minimum Gasteiger partial charge on any atom is -0.401 e. The van der Waals surface area contributed by atoms with Crippen LogP contribution in [0.25, 0.3) is 6.08 Å². The summed E-state index contributed by atoms with van der Waals surface area (Å²) in [6.07, 6.45) is 5.57. The summed E-state index contributed by atoms with van der Waals surface area (Å²) >= 11 is 0. The van der Waals surface area contributed by atoms with E-state index < -0.39 is 16.7 Å². The van der Waals surface area contributed by atoms with Crippen molar-refractivity contribution in [2.45, 2.75) is 6.54 Å². The van der Waals surface area contributed by atoms with Gasteiger partial charge in [-0.2, -0.15) is 5.10 Å². The Morgan fingerprint density at radius 1 is 1.38 bits per heavy atom. The quantitative estimate of drug-likeness (QED) is 0.415. The van der Waals surface area contributed by atoms with E-state index in [1.165, 1.54) is 42.6 Å². The van der Waals surface area contributed by atoms with Crippen molar-refractivity contribution in [3.63, 3.8) is 0 Å². The van der Waals surface area contributed by atoms with Crippen molar-refractivity contribution in [3.05, 3.63) is 82.1 Å². The molecule has 0 fully saturated rings. The van der Waals surface area contributed by atoms with Gasteiger partial charge in [0.05, 0.1) is 24.5 Å². The van der Waals surface area contributed by atoms with Gasteiger partial charge in [-0.25, -0.2) is 4.39 Å². The number of furan rings is 1. The summed E-state index contributed by atoms with van der Waals surface area (Å²) in [5, 5.41) is 17.2. The van der Waals surface area contributed by atoms with Gasteiger partial charge >= 0.3 is 5.88 Å². The number of anilines is 1. The average molecular weight is 356 g/mol. The number of halogens is 1. The standard InChI is InChI=1S/C17H13FN4O4/c18-13-3-1-2-12(8-13)10-21-11-14(9-19-21)20-16(23)6-4-15-5-7-17(26-15)22(24)25/h1-9,11H,10H2,(H,20,23)/b6-4+. The molecule has 1 aromatic carbocycles. The highest BCUT2D eigenvalue weighted by molar-refractivity contribution is 6.01. The van der Waals surface area contributed by atoms with Gasteiger partial charge < -0.3 is 9.73 Å². The summed E-state index contributed by atoms with van der Waals surface area (Å²) in [6.45, 7) is 0.361. The van der Waals surface area contributed by atoms with Crippen molar-refractivity contribution in [2.24, 2.45) is 0 Å². The molecule has 0 saturated heterocycles. The second-order valence-electron chi connectivity index (χ2n) is 5.31. The largest absolute Gasteiger partial charge is 0.433 e. The molecule has 0 unspecified atom stereocenters. The summed E-state index contributed by atoms with van der Waals surface area (Å²) < 4.78 is 19.7. The Labute approximate surface area is 146 Å². The van der Waals surface area contributed by atoms with Crippen LogP contribution in [-0.4, -0.2) is 20.6 Å². The zero-order valence-corrected chi connectivity index (χ0v) is 13.3. The number of nitrogens with one attached hydrogen (secondary N) is 1. The van der Waals surface area contributed by atoms with E-state index in [0.717, 1.165) is 5.56 Å². The van der Waals surface area contributed by atoms with E-state index in [0.29, 0.717) is 12.2 Å². The number of hydrogen-bond acceptors (Lipinski definition) is 5. The van der Waals surface area contributed by atoms with Crippen LogP contribution in [0.1, 0.15) is 11.3 Å². The van der Waals surface area contributed by atoms with E-state index in [-0.39, 0.29) is 11.6 Å². The van der Waals surface area contributed by atoms with E-state index >= 15 is 0 Å². The van der Waals surface area contributed by atoms with Crippen molar-refractivity contribution in [1.29, 1.82) is 0 Å². The normalized spacial score (nSPS) is 11.0. The molecule has 0 spiro atoms. The zero-order valence-electron chi connectivity index (χ0n) is 13.3. The molecule has 3 aromatic rings. The molecule has 132 valence electrons. The summed E-state index contributed by atoms with van der Waals surface area (Å²) in [5.41, 5.74) is 1.20. The molecule has 0 atom stereocenters. The van der Waals surface area contributed by atoms with Crippen LogP contribution in [0, 0.1) is 15.9 Å². The minimum atomic E-state index is -0.662. The van der Waals surface area contributed by atoms with Crippen LogP contribution in [0.3, 0.4) is 0 Å². The van der Waals surface area contributed by atoms with Gasteiger partial charge in [0.2, 0.25) is 5.91 Å². The fraction of sp³-hybridized carbons (Fsp3) is 0.0588. The first-order valence-electron chi connectivity index (χ1n) is 7.50. The Kier molecular flexibility index (Phi) is 4.88. The number of aromatic nitrogens is 2. The lowest BCUT2D eigenvalue weighted by molar-refractivity contribution is -0.402. The van der Waals surface area contributed by atoms with Gasteiger partial charge in [-0.05, 0) is 29.8 Å². The first-order chi connectivity index (χ1) is 12.5. The maximum atomic E-state index is 13.2. The molecular formula is C17H13FN4O4. The highest BCUT2D eigenvalue weighted by Crippen LogP contribution is 2.16. The van der Waals surface area contributed by atoms with Crippen LogP contribution in [0.4, 0.5) is 16.0 Å². The van der Waals surface area contributed by atoms with Gasteiger partial charge in [-0.1, -0.05) is 12.1 Å². The van der Waals surface area contributed by atoms with Crippen molar-refractivity contribution in [2.75, 3.05) is 5.32 Å². The number of rotatable bonds is 6. The van der Waals surface area contributed by atoms with Crippen LogP contribution in [0.2, 0.25) is 0 Å². The summed E-state index contributed by atoms with van der Waals surface area (Å²) in [5.74, 6) is -0.988. The van der Waals surface area contributed by atoms with Crippen LogP contribution in [-0.2, 0) is 11.3 Å². The minimum absolute atomic E-state index is 0.189. The average Bonchev–Trinajstić information content (AvgIpc) is 3.23. The predicted molar refractivity (Wildman–Crippen MR) is 90.8 cm³/mol. The molecule has 0 aliphatic rings. The van der Waals surface area contributed by atoms with E-state index in [1.807, 2.05) is 0 Å². The Hall–Kier alpha value is -3.75. The number of nitro groups is 1. The number of benzene rings is 1. The SMILES string of the molecule is O=C(/C=C/c1ccc([N+](=O)[O-])o1)Nc1cnn(Cc2cccc(F)c2)c1. The summed E-state index contributed by atoms with van der Waals surface area (Å²) in [6, 6.07) is 8.74. The Bertz CT molecular complexity index is 977.